The van der Waals surface area contributed by atoms with Gasteiger partial charge in [0.15, 0.2) is 0 Å². The van der Waals surface area contributed by atoms with Gasteiger partial charge in [-0.15, -0.1) is 0 Å². The van der Waals surface area contributed by atoms with Crippen LogP contribution in [0.15, 0.2) is 6.07 Å². The molecule has 2 nitrogen and oxygen atoms in total. The summed E-state index contributed by atoms with van der Waals surface area (Å²) < 4.78 is 0. The summed E-state index contributed by atoms with van der Waals surface area (Å²) in [5.74, 6) is 2.23. The highest BCUT2D eigenvalue weighted by Crippen LogP contribution is 2.40. The molecule has 2 aliphatic carbocycles. The van der Waals surface area contributed by atoms with E-state index in [1.54, 1.807) is 0 Å². The highest BCUT2D eigenvalue weighted by molar-refractivity contribution is 6.29. The lowest BCUT2D eigenvalue weighted by atomic mass is 9.99. The van der Waals surface area contributed by atoms with Crippen molar-refractivity contribution in [2.75, 3.05) is 0 Å². The molecule has 0 amide bonds. The number of nitrogens with zero attached hydrogens (tertiary/aromatic N) is 2. The Kier molecular flexibility index (Phi) is 3.32. The Labute approximate surface area is 108 Å². The van der Waals surface area contributed by atoms with E-state index in [9.17, 15) is 0 Å². The Balaban J connectivity index is 1.84. The molecule has 3 heteroatoms. The van der Waals surface area contributed by atoms with Crippen LogP contribution in [0.5, 0.6) is 0 Å². The van der Waals surface area contributed by atoms with Crippen molar-refractivity contribution in [1.29, 1.82) is 0 Å². The van der Waals surface area contributed by atoms with Crippen molar-refractivity contribution in [2.24, 2.45) is 0 Å². The third kappa shape index (κ3) is 2.79. The first-order valence-electron chi connectivity index (χ1n) is 6.87. The molecule has 92 valence electrons. The number of rotatable bonds is 2. The number of hydrogen-bond acceptors (Lipinski definition) is 2. The standard InChI is InChI=1S/C14H19ClN2/c15-13-9-12(10-7-8-10)16-14(17-13)11-5-3-1-2-4-6-11/h9-11H,1-8H2. The number of halogens is 1. The average Bonchev–Trinajstić information content (AvgIpc) is 3.16. The highest BCUT2D eigenvalue weighted by atomic mass is 35.5. The van der Waals surface area contributed by atoms with Crippen molar-refractivity contribution in [3.63, 3.8) is 0 Å². The van der Waals surface area contributed by atoms with Gasteiger partial charge in [0.1, 0.15) is 11.0 Å². The molecule has 2 fully saturated rings. The van der Waals surface area contributed by atoms with E-state index in [0.29, 0.717) is 17.0 Å². The minimum absolute atomic E-state index is 0.550. The topological polar surface area (TPSA) is 25.8 Å². The number of hydrogen-bond donors (Lipinski definition) is 0. The molecule has 1 aromatic heterocycles. The minimum Gasteiger partial charge on any atom is -0.237 e. The zero-order valence-electron chi connectivity index (χ0n) is 10.2. The normalized spacial score (nSPS) is 22.4. The molecule has 0 spiro atoms. The van der Waals surface area contributed by atoms with Gasteiger partial charge in [-0.25, -0.2) is 9.97 Å². The molecule has 0 aliphatic heterocycles. The van der Waals surface area contributed by atoms with E-state index >= 15 is 0 Å². The second-order valence-corrected chi connectivity index (χ2v) is 5.82. The minimum atomic E-state index is 0.550. The van der Waals surface area contributed by atoms with Gasteiger partial charge in [0, 0.05) is 17.5 Å². The summed E-state index contributed by atoms with van der Waals surface area (Å²) in [6.45, 7) is 0. The van der Waals surface area contributed by atoms with Crippen LogP contribution in [0.4, 0.5) is 0 Å². The molecule has 0 bridgehead atoms. The van der Waals surface area contributed by atoms with Gasteiger partial charge in [0.25, 0.3) is 0 Å². The molecule has 3 rings (SSSR count). The van der Waals surface area contributed by atoms with Gasteiger partial charge < -0.3 is 0 Å². The van der Waals surface area contributed by atoms with Crippen LogP contribution in [0.25, 0.3) is 0 Å². The monoisotopic (exact) mass is 250 g/mol. The zero-order valence-corrected chi connectivity index (χ0v) is 10.9. The fraction of sp³-hybridized carbons (Fsp3) is 0.714. The summed E-state index contributed by atoms with van der Waals surface area (Å²) in [7, 11) is 0. The van der Waals surface area contributed by atoms with E-state index < -0.39 is 0 Å². The van der Waals surface area contributed by atoms with Crippen LogP contribution in [0, 0.1) is 0 Å². The van der Waals surface area contributed by atoms with Crippen LogP contribution in [0.1, 0.15) is 74.7 Å². The van der Waals surface area contributed by atoms with Gasteiger partial charge in [-0.05, 0) is 31.7 Å². The molecular formula is C14H19ClN2. The van der Waals surface area contributed by atoms with Crippen molar-refractivity contribution in [2.45, 2.75) is 63.2 Å². The Morgan fingerprint density at radius 2 is 1.59 bits per heavy atom. The average molecular weight is 251 g/mol. The SMILES string of the molecule is Clc1cc(C2CC2)nc(C2CCCCCC2)n1. The van der Waals surface area contributed by atoms with Crippen LogP contribution in [0.3, 0.4) is 0 Å². The summed E-state index contributed by atoms with van der Waals surface area (Å²) in [5.41, 5.74) is 1.18. The molecule has 2 aliphatic rings. The van der Waals surface area contributed by atoms with Crippen LogP contribution in [-0.2, 0) is 0 Å². The molecule has 0 saturated heterocycles. The van der Waals surface area contributed by atoms with Crippen molar-refractivity contribution < 1.29 is 0 Å². The second-order valence-electron chi connectivity index (χ2n) is 5.44. The quantitative estimate of drug-likeness (QED) is 0.573. The fourth-order valence-electron chi connectivity index (χ4n) is 2.76. The van der Waals surface area contributed by atoms with E-state index in [0.717, 1.165) is 5.82 Å². The first-order valence-corrected chi connectivity index (χ1v) is 7.25. The third-order valence-corrected chi connectivity index (χ3v) is 4.14. The third-order valence-electron chi connectivity index (χ3n) is 3.95. The van der Waals surface area contributed by atoms with Gasteiger partial charge in [-0.2, -0.15) is 0 Å². The Bertz CT molecular complexity index is 393. The largest absolute Gasteiger partial charge is 0.237 e. The molecule has 1 heterocycles. The smallest absolute Gasteiger partial charge is 0.133 e. The molecule has 0 unspecified atom stereocenters. The Hall–Kier alpha value is -0.630. The Morgan fingerprint density at radius 3 is 2.24 bits per heavy atom. The molecule has 17 heavy (non-hydrogen) atoms. The summed E-state index contributed by atoms with van der Waals surface area (Å²) in [5, 5.41) is 0.640. The van der Waals surface area contributed by atoms with Crippen molar-refractivity contribution in [3.8, 4) is 0 Å². The van der Waals surface area contributed by atoms with Gasteiger partial charge in [0.05, 0.1) is 0 Å². The van der Waals surface area contributed by atoms with Crippen molar-refractivity contribution >= 4 is 11.6 Å². The maximum Gasteiger partial charge on any atom is 0.133 e. The van der Waals surface area contributed by atoms with Crippen LogP contribution in [-0.4, -0.2) is 9.97 Å². The van der Waals surface area contributed by atoms with Crippen molar-refractivity contribution in [3.05, 3.63) is 22.7 Å². The first-order chi connectivity index (χ1) is 8.33. The molecule has 0 radical (unpaired) electrons. The predicted octanol–water partition coefficient (Wildman–Crippen LogP) is 4.45. The lowest BCUT2D eigenvalue weighted by Gasteiger charge is -2.13. The van der Waals surface area contributed by atoms with E-state index in [1.807, 2.05) is 6.07 Å². The van der Waals surface area contributed by atoms with Gasteiger partial charge >= 0.3 is 0 Å². The van der Waals surface area contributed by atoms with E-state index in [1.165, 1.54) is 57.1 Å². The van der Waals surface area contributed by atoms with Crippen LogP contribution < -0.4 is 0 Å². The fourth-order valence-corrected chi connectivity index (χ4v) is 2.96. The molecular weight excluding hydrogens is 232 g/mol. The maximum atomic E-state index is 6.13. The molecule has 0 N–H and O–H groups in total. The summed E-state index contributed by atoms with van der Waals surface area (Å²) in [6.07, 6.45) is 10.4. The number of aromatic nitrogens is 2. The van der Waals surface area contributed by atoms with E-state index in [2.05, 4.69) is 4.98 Å². The second kappa shape index (κ2) is 4.93. The van der Waals surface area contributed by atoms with Crippen molar-refractivity contribution in [1.82, 2.24) is 9.97 Å². The van der Waals surface area contributed by atoms with Crippen LogP contribution in [0.2, 0.25) is 5.15 Å². The highest BCUT2D eigenvalue weighted by Gasteiger charge is 2.27. The lowest BCUT2D eigenvalue weighted by Crippen LogP contribution is -2.06. The van der Waals surface area contributed by atoms with Gasteiger partial charge in [-0.3, -0.25) is 0 Å². The molecule has 1 aromatic rings. The maximum absolute atomic E-state index is 6.13. The van der Waals surface area contributed by atoms with E-state index in [4.69, 9.17) is 16.6 Å². The van der Waals surface area contributed by atoms with E-state index in [-0.39, 0.29) is 0 Å². The molecule has 2 saturated carbocycles. The lowest BCUT2D eigenvalue weighted by molar-refractivity contribution is 0.557. The zero-order chi connectivity index (χ0) is 11.7. The van der Waals surface area contributed by atoms with Gasteiger partial charge in [0.2, 0.25) is 0 Å². The molecule has 0 atom stereocenters. The van der Waals surface area contributed by atoms with Crippen LogP contribution >= 0.6 is 11.6 Å². The first kappa shape index (κ1) is 11.5. The predicted molar refractivity (Wildman–Crippen MR) is 69.5 cm³/mol. The Morgan fingerprint density at radius 1 is 0.882 bits per heavy atom. The summed E-state index contributed by atoms with van der Waals surface area (Å²) in [6, 6.07) is 1.96. The van der Waals surface area contributed by atoms with Gasteiger partial charge in [-0.1, -0.05) is 37.3 Å². The molecule has 0 aromatic carbocycles. The summed E-state index contributed by atoms with van der Waals surface area (Å²) in [4.78, 5) is 9.23. The summed E-state index contributed by atoms with van der Waals surface area (Å²) >= 11 is 6.13.